The van der Waals surface area contributed by atoms with Gasteiger partial charge in [-0.2, -0.15) is 0 Å². The summed E-state index contributed by atoms with van der Waals surface area (Å²) in [5, 5.41) is 0. The van der Waals surface area contributed by atoms with Gasteiger partial charge in [-0.3, -0.25) is 4.90 Å². The van der Waals surface area contributed by atoms with Gasteiger partial charge >= 0.3 is 0 Å². The van der Waals surface area contributed by atoms with Gasteiger partial charge in [0.2, 0.25) is 0 Å². The SMILES string of the molecule is CC(C)(C)CC1CCN(CC2CCN(C(C)(C)C)CC2)CC1. The van der Waals surface area contributed by atoms with Crippen LogP contribution in [0.25, 0.3) is 0 Å². The lowest BCUT2D eigenvalue weighted by Crippen LogP contribution is -2.48. The molecule has 2 rings (SSSR count). The topological polar surface area (TPSA) is 6.48 Å². The van der Waals surface area contributed by atoms with Crippen LogP contribution in [0.5, 0.6) is 0 Å². The average molecular weight is 309 g/mol. The van der Waals surface area contributed by atoms with Crippen molar-refractivity contribution in [1.82, 2.24) is 9.80 Å². The van der Waals surface area contributed by atoms with Crippen LogP contribution in [0.3, 0.4) is 0 Å². The molecule has 2 aliphatic rings. The highest BCUT2D eigenvalue weighted by Crippen LogP contribution is 2.32. The second-order valence-corrected chi connectivity index (χ2v) is 10.1. The number of likely N-dealkylation sites (tertiary alicyclic amines) is 2. The number of hydrogen-bond acceptors (Lipinski definition) is 2. The molecule has 2 heteroatoms. The molecule has 0 amide bonds. The predicted octanol–water partition coefficient (Wildman–Crippen LogP) is 4.65. The fourth-order valence-electron chi connectivity index (χ4n) is 4.39. The molecular weight excluding hydrogens is 268 g/mol. The fourth-order valence-corrected chi connectivity index (χ4v) is 4.39. The van der Waals surface area contributed by atoms with Gasteiger partial charge in [-0.05, 0) is 96.3 Å². The van der Waals surface area contributed by atoms with Crippen molar-refractivity contribution in [3.63, 3.8) is 0 Å². The largest absolute Gasteiger partial charge is 0.303 e. The highest BCUT2D eigenvalue weighted by Gasteiger charge is 2.29. The summed E-state index contributed by atoms with van der Waals surface area (Å²) in [5.74, 6) is 1.91. The molecule has 0 aromatic rings. The van der Waals surface area contributed by atoms with Gasteiger partial charge in [0.1, 0.15) is 0 Å². The molecule has 0 unspecified atom stereocenters. The first-order chi connectivity index (χ1) is 10.1. The van der Waals surface area contributed by atoms with Crippen molar-refractivity contribution >= 4 is 0 Å². The monoisotopic (exact) mass is 308 g/mol. The van der Waals surface area contributed by atoms with Crippen LogP contribution in [0.15, 0.2) is 0 Å². The van der Waals surface area contributed by atoms with Crippen molar-refractivity contribution in [1.29, 1.82) is 0 Å². The number of nitrogens with zero attached hydrogens (tertiary/aromatic N) is 2. The Kier molecular flexibility index (Phi) is 5.99. The molecule has 0 bridgehead atoms. The normalized spacial score (nSPS) is 24.8. The highest BCUT2D eigenvalue weighted by molar-refractivity contribution is 4.84. The van der Waals surface area contributed by atoms with Crippen LogP contribution < -0.4 is 0 Å². The number of rotatable bonds is 3. The zero-order valence-electron chi connectivity index (χ0n) is 16.1. The molecule has 2 aliphatic heterocycles. The zero-order valence-corrected chi connectivity index (χ0v) is 16.1. The second-order valence-electron chi connectivity index (χ2n) is 10.1. The van der Waals surface area contributed by atoms with E-state index in [9.17, 15) is 0 Å². The predicted molar refractivity (Wildman–Crippen MR) is 97.3 cm³/mol. The minimum absolute atomic E-state index is 0.357. The lowest BCUT2D eigenvalue weighted by Gasteiger charge is -2.43. The molecule has 0 aromatic heterocycles. The molecule has 0 aromatic carbocycles. The van der Waals surface area contributed by atoms with Gasteiger partial charge in [0.05, 0.1) is 0 Å². The third-order valence-corrected chi connectivity index (χ3v) is 5.69. The van der Waals surface area contributed by atoms with Crippen molar-refractivity contribution < 1.29 is 0 Å². The van der Waals surface area contributed by atoms with Crippen LogP contribution in [0.4, 0.5) is 0 Å². The van der Waals surface area contributed by atoms with E-state index in [1.54, 1.807) is 0 Å². The first kappa shape index (κ1) is 18.3. The first-order valence-corrected chi connectivity index (χ1v) is 9.61. The summed E-state index contributed by atoms with van der Waals surface area (Å²) in [5.41, 5.74) is 0.864. The third kappa shape index (κ3) is 5.85. The zero-order chi connectivity index (χ0) is 16.4. The van der Waals surface area contributed by atoms with Gasteiger partial charge < -0.3 is 4.90 Å². The third-order valence-electron chi connectivity index (χ3n) is 5.69. The van der Waals surface area contributed by atoms with E-state index >= 15 is 0 Å². The lowest BCUT2D eigenvalue weighted by molar-refractivity contribution is 0.0652. The molecule has 22 heavy (non-hydrogen) atoms. The Labute approximate surface area is 139 Å². The van der Waals surface area contributed by atoms with Gasteiger partial charge in [-0.25, -0.2) is 0 Å². The minimum atomic E-state index is 0.357. The minimum Gasteiger partial charge on any atom is -0.303 e. The van der Waals surface area contributed by atoms with Gasteiger partial charge in [0.25, 0.3) is 0 Å². The van der Waals surface area contributed by atoms with Crippen LogP contribution in [0, 0.1) is 17.3 Å². The van der Waals surface area contributed by atoms with Crippen molar-refractivity contribution in [3.05, 3.63) is 0 Å². The molecular formula is C20H40N2. The van der Waals surface area contributed by atoms with Crippen molar-refractivity contribution in [2.75, 3.05) is 32.7 Å². The van der Waals surface area contributed by atoms with E-state index in [0.717, 1.165) is 11.8 Å². The molecule has 0 atom stereocenters. The summed E-state index contributed by atoms with van der Waals surface area (Å²) >= 11 is 0. The van der Waals surface area contributed by atoms with Crippen LogP contribution in [0.2, 0.25) is 0 Å². The van der Waals surface area contributed by atoms with Crippen LogP contribution in [-0.2, 0) is 0 Å². The summed E-state index contributed by atoms with van der Waals surface area (Å²) in [6, 6.07) is 0. The van der Waals surface area contributed by atoms with E-state index < -0.39 is 0 Å². The summed E-state index contributed by atoms with van der Waals surface area (Å²) in [4.78, 5) is 5.43. The molecule has 2 heterocycles. The summed E-state index contributed by atoms with van der Waals surface area (Å²) in [6.45, 7) is 20.9. The van der Waals surface area contributed by atoms with E-state index in [2.05, 4.69) is 51.3 Å². The Morgan fingerprint density at radius 3 is 1.68 bits per heavy atom. The lowest BCUT2D eigenvalue weighted by atomic mass is 9.80. The molecule has 2 saturated heterocycles. The molecule has 0 radical (unpaired) electrons. The van der Waals surface area contributed by atoms with Crippen LogP contribution in [0.1, 0.15) is 73.6 Å². The van der Waals surface area contributed by atoms with Gasteiger partial charge in [-0.15, -0.1) is 0 Å². The Morgan fingerprint density at radius 2 is 1.23 bits per heavy atom. The Morgan fingerprint density at radius 1 is 0.727 bits per heavy atom. The molecule has 130 valence electrons. The summed E-state index contributed by atoms with van der Waals surface area (Å²) < 4.78 is 0. The Hall–Kier alpha value is -0.0800. The molecule has 0 spiro atoms. The standard InChI is InChI=1S/C20H40N2/c1-19(2,3)15-17-7-11-21(12-8-17)16-18-9-13-22(14-10-18)20(4,5)6/h17-18H,7-16H2,1-6H3. The average Bonchev–Trinajstić information content (AvgIpc) is 2.39. The summed E-state index contributed by atoms with van der Waals surface area (Å²) in [6.07, 6.45) is 7.07. The second kappa shape index (κ2) is 7.21. The highest BCUT2D eigenvalue weighted by atomic mass is 15.2. The van der Waals surface area contributed by atoms with E-state index in [1.807, 2.05) is 0 Å². The maximum Gasteiger partial charge on any atom is 0.0125 e. The number of piperidine rings is 2. The van der Waals surface area contributed by atoms with E-state index in [-0.39, 0.29) is 0 Å². The van der Waals surface area contributed by atoms with Crippen LogP contribution in [-0.4, -0.2) is 48.1 Å². The maximum absolute atomic E-state index is 2.76. The quantitative estimate of drug-likeness (QED) is 0.749. The Bertz CT molecular complexity index is 321. The smallest absolute Gasteiger partial charge is 0.0125 e. The Balaban J connectivity index is 1.67. The van der Waals surface area contributed by atoms with Gasteiger partial charge in [-0.1, -0.05) is 20.8 Å². The fraction of sp³-hybridized carbons (Fsp3) is 1.00. The molecule has 0 saturated carbocycles. The van der Waals surface area contributed by atoms with E-state index in [0.29, 0.717) is 11.0 Å². The van der Waals surface area contributed by atoms with E-state index in [4.69, 9.17) is 0 Å². The van der Waals surface area contributed by atoms with Gasteiger partial charge in [0, 0.05) is 12.1 Å². The molecule has 0 N–H and O–H groups in total. The number of hydrogen-bond donors (Lipinski definition) is 0. The molecule has 0 aliphatic carbocycles. The molecule has 2 nitrogen and oxygen atoms in total. The van der Waals surface area contributed by atoms with Crippen molar-refractivity contribution in [2.24, 2.45) is 17.3 Å². The summed E-state index contributed by atoms with van der Waals surface area (Å²) in [7, 11) is 0. The van der Waals surface area contributed by atoms with Crippen molar-refractivity contribution in [3.8, 4) is 0 Å². The first-order valence-electron chi connectivity index (χ1n) is 9.61. The van der Waals surface area contributed by atoms with E-state index in [1.165, 1.54) is 64.8 Å². The van der Waals surface area contributed by atoms with Gasteiger partial charge in [0.15, 0.2) is 0 Å². The molecule has 2 fully saturated rings. The van der Waals surface area contributed by atoms with Crippen molar-refractivity contribution in [2.45, 2.75) is 79.2 Å². The van der Waals surface area contributed by atoms with Crippen LogP contribution >= 0.6 is 0 Å². The maximum atomic E-state index is 2.76.